The molecule has 0 aliphatic carbocycles. The second-order valence-corrected chi connectivity index (χ2v) is 6.05. The van der Waals surface area contributed by atoms with Crippen LogP contribution in [0.4, 0.5) is 0 Å². The zero-order valence-corrected chi connectivity index (χ0v) is 13.3. The lowest BCUT2D eigenvalue weighted by molar-refractivity contribution is -0.136. The van der Waals surface area contributed by atoms with Gasteiger partial charge in [0, 0.05) is 25.0 Å². The van der Waals surface area contributed by atoms with Gasteiger partial charge in [-0.25, -0.2) is 4.98 Å². The first kappa shape index (κ1) is 17.1. The minimum absolute atomic E-state index is 0.000430. The predicted molar refractivity (Wildman–Crippen MR) is 80.3 cm³/mol. The fourth-order valence-corrected chi connectivity index (χ4v) is 3.04. The highest BCUT2D eigenvalue weighted by Gasteiger charge is 2.15. The van der Waals surface area contributed by atoms with Gasteiger partial charge >= 0.3 is 5.97 Å². The van der Waals surface area contributed by atoms with E-state index in [-0.39, 0.29) is 6.42 Å². The fraction of sp³-hybridized carbons (Fsp3) is 0.714. The first-order valence-electron chi connectivity index (χ1n) is 6.93. The quantitative estimate of drug-likeness (QED) is 0.717. The van der Waals surface area contributed by atoms with Crippen LogP contribution in [0.2, 0.25) is 0 Å². The van der Waals surface area contributed by atoms with E-state index in [4.69, 9.17) is 9.84 Å². The van der Waals surface area contributed by atoms with Crippen molar-refractivity contribution in [3.05, 3.63) is 15.6 Å². The number of unbranched alkanes of at least 4 members (excludes halogenated alkanes) is 1. The van der Waals surface area contributed by atoms with Crippen molar-refractivity contribution in [2.24, 2.45) is 0 Å². The molecule has 20 heavy (non-hydrogen) atoms. The van der Waals surface area contributed by atoms with Gasteiger partial charge in [-0.2, -0.15) is 0 Å². The molecular weight excluding hydrogens is 276 g/mol. The smallest absolute Gasteiger partial charge is 0.309 e. The van der Waals surface area contributed by atoms with Crippen molar-refractivity contribution in [2.75, 3.05) is 27.3 Å². The third kappa shape index (κ3) is 5.98. The number of rotatable bonds is 10. The Hall–Kier alpha value is -0.980. The number of hydrogen-bond donors (Lipinski definition) is 1. The lowest BCUT2D eigenvalue weighted by Crippen LogP contribution is -2.19. The molecule has 0 bridgehead atoms. The molecule has 0 saturated carbocycles. The fourth-order valence-electron chi connectivity index (χ4n) is 1.89. The number of nitrogens with zero attached hydrogens (tertiary/aromatic N) is 2. The van der Waals surface area contributed by atoms with E-state index < -0.39 is 5.97 Å². The minimum atomic E-state index is -0.828. The number of aromatic nitrogens is 1. The molecule has 0 spiro atoms. The summed E-state index contributed by atoms with van der Waals surface area (Å²) in [5, 5.41) is 9.94. The van der Waals surface area contributed by atoms with Crippen molar-refractivity contribution in [3.63, 3.8) is 0 Å². The van der Waals surface area contributed by atoms with E-state index in [0.717, 1.165) is 42.2 Å². The van der Waals surface area contributed by atoms with Crippen LogP contribution in [0.5, 0.6) is 0 Å². The standard InChI is InChI=1S/C14H24N2O3S/c1-4-5-7-16(2)10-12-11(9-14(17)18)15-13(20-12)6-8-19-3/h4-10H2,1-3H3,(H,17,18). The van der Waals surface area contributed by atoms with Crippen molar-refractivity contribution in [1.29, 1.82) is 0 Å². The second kappa shape index (κ2) is 9.05. The van der Waals surface area contributed by atoms with Crippen molar-refractivity contribution in [3.8, 4) is 0 Å². The van der Waals surface area contributed by atoms with Crippen LogP contribution in [-0.4, -0.2) is 48.3 Å². The topological polar surface area (TPSA) is 62.7 Å². The molecule has 5 nitrogen and oxygen atoms in total. The first-order chi connectivity index (χ1) is 9.56. The summed E-state index contributed by atoms with van der Waals surface area (Å²) >= 11 is 1.61. The van der Waals surface area contributed by atoms with Gasteiger partial charge in [-0.05, 0) is 20.0 Å². The molecule has 1 rings (SSSR count). The monoisotopic (exact) mass is 300 g/mol. The van der Waals surface area contributed by atoms with E-state index in [9.17, 15) is 4.79 Å². The summed E-state index contributed by atoms with van der Waals surface area (Å²) < 4.78 is 5.05. The summed E-state index contributed by atoms with van der Waals surface area (Å²) in [7, 11) is 3.72. The number of carboxylic acid groups (broad SMARTS) is 1. The second-order valence-electron chi connectivity index (χ2n) is 4.88. The Bertz CT molecular complexity index is 421. The van der Waals surface area contributed by atoms with Crippen LogP contribution in [-0.2, 0) is 28.9 Å². The highest BCUT2D eigenvalue weighted by molar-refractivity contribution is 7.11. The summed E-state index contributed by atoms with van der Waals surface area (Å²) in [4.78, 5) is 18.7. The summed E-state index contributed by atoms with van der Waals surface area (Å²) in [5.41, 5.74) is 0.706. The van der Waals surface area contributed by atoms with Crippen LogP contribution in [0.15, 0.2) is 0 Å². The van der Waals surface area contributed by atoms with Crippen LogP contribution in [0.25, 0.3) is 0 Å². The number of carboxylic acids is 1. The normalized spacial score (nSPS) is 11.2. The number of ether oxygens (including phenoxy) is 1. The summed E-state index contributed by atoms with van der Waals surface area (Å²) in [5.74, 6) is -0.828. The van der Waals surface area contributed by atoms with Gasteiger partial charge in [0.1, 0.15) is 0 Å². The largest absolute Gasteiger partial charge is 0.481 e. The third-order valence-corrected chi connectivity index (χ3v) is 4.11. The molecule has 1 aromatic heterocycles. The van der Waals surface area contributed by atoms with Crippen LogP contribution in [0.3, 0.4) is 0 Å². The zero-order chi connectivity index (χ0) is 15.0. The molecular formula is C14H24N2O3S. The Kier molecular flexibility index (Phi) is 7.72. The average molecular weight is 300 g/mol. The average Bonchev–Trinajstić information content (AvgIpc) is 2.75. The summed E-state index contributed by atoms with van der Waals surface area (Å²) in [6.45, 7) is 4.58. The van der Waals surface area contributed by atoms with Crippen LogP contribution >= 0.6 is 11.3 Å². The molecule has 0 saturated heterocycles. The first-order valence-corrected chi connectivity index (χ1v) is 7.75. The maximum absolute atomic E-state index is 10.9. The molecule has 1 aromatic rings. The molecule has 0 aromatic carbocycles. The Morgan fingerprint density at radius 2 is 2.25 bits per heavy atom. The number of methoxy groups -OCH3 is 1. The van der Waals surface area contributed by atoms with Crippen LogP contribution < -0.4 is 0 Å². The number of aliphatic carboxylic acids is 1. The van der Waals surface area contributed by atoms with Gasteiger partial charge in [0.25, 0.3) is 0 Å². The molecule has 1 N–H and O–H groups in total. The van der Waals surface area contributed by atoms with Gasteiger partial charge in [-0.3, -0.25) is 4.79 Å². The van der Waals surface area contributed by atoms with E-state index in [0.29, 0.717) is 12.3 Å². The van der Waals surface area contributed by atoms with Gasteiger partial charge in [-0.1, -0.05) is 13.3 Å². The Morgan fingerprint density at radius 1 is 1.50 bits per heavy atom. The lowest BCUT2D eigenvalue weighted by atomic mass is 10.2. The predicted octanol–water partition coefficient (Wildman–Crippen LogP) is 2.19. The van der Waals surface area contributed by atoms with Gasteiger partial charge < -0.3 is 14.7 Å². The molecule has 1 heterocycles. The van der Waals surface area contributed by atoms with Gasteiger partial charge in [0.15, 0.2) is 0 Å². The molecule has 0 amide bonds. The number of carbonyl (C=O) groups is 1. The van der Waals surface area contributed by atoms with Gasteiger partial charge in [0.05, 0.1) is 23.7 Å². The number of hydrogen-bond acceptors (Lipinski definition) is 5. The van der Waals surface area contributed by atoms with E-state index in [2.05, 4.69) is 23.9 Å². The molecule has 0 aliphatic rings. The third-order valence-electron chi connectivity index (χ3n) is 2.97. The van der Waals surface area contributed by atoms with E-state index in [1.54, 1.807) is 18.4 Å². The highest BCUT2D eigenvalue weighted by Crippen LogP contribution is 2.21. The lowest BCUT2D eigenvalue weighted by Gasteiger charge is -2.15. The van der Waals surface area contributed by atoms with Crippen molar-refractivity contribution < 1.29 is 14.6 Å². The van der Waals surface area contributed by atoms with E-state index in [1.807, 2.05) is 0 Å². The molecule has 114 valence electrons. The zero-order valence-electron chi connectivity index (χ0n) is 12.5. The summed E-state index contributed by atoms with van der Waals surface area (Å²) in [6.07, 6.45) is 3.06. The molecule has 0 aliphatic heterocycles. The Morgan fingerprint density at radius 3 is 2.85 bits per heavy atom. The van der Waals surface area contributed by atoms with E-state index >= 15 is 0 Å². The SMILES string of the molecule is CCCCN(C)Cc1sc(CCOC)nc1CC(=O)O. The molecule has 0 atom stereocenters. The van der Waals surface area contributed by atoms with Crippen LogP contribution in [0, 0.1) is 0 Å². The van der Waals surface area contributed by atoms with Crippen molar-refractivity contribution >= 4 is 17.3 Å². The van der Waals surface area contributed by atoms with Gasteiger partial charge in [-0.15, -0.1) is 11.3 Å². The summed E-state index contributed by atoms with van der Waals surface area (Å²) in [6, 6.07) is 0. The molecule has 0 unspecified atom stereocenters. The molecule has 0 fully saturated rings. The Labute approximate surface area is 124 Å². The van der Waals surface area contributed by atoms with Crippen LogP contribution in [0.1, 0.15) is 35.3 Å². The number of thiazole rings is 1. The van der Waals surface area contributed by atoms with E-state index in [1.165, 1.54) is 0 Å². The minimum Gasteiger partial charge on any atom is -0.481 e. The Balaban J connectivity index is 2.73. The highest BCUT2D eigenvalue weighted by atomic mass is 32.1. The van der Waals surface area contributed by atoms with Crippen molar-refractivity contribution in [1.82, 2.24) is 9.88 Å². The van der Waals surface area contributed by atoms with Crippen molar-refractivity contribution in [2.45, 2.75) is 39.2 Å². The van der Waals surface area contributed by atoms with Gasteiger partial charge in [0.2, 0.25) is 0 Å². The maximum Gasteiger partial charge on any atom is 0.309 e. The maximum atomic E-state index is 10.9. The molecule has 0 radical (unpaired) electrons. The molecule has 6 heteroatoms.